The second-order valence-electron chi connectivity index (χ2n) is 4.62. The highest BCUT2D eigenvalue weighted by molar-refractivity contribution is 5.91. The minimum Gasteiger partial charge on any atom is -0.465 e. The topological polar surface area (TPSA) is 92.4 Å². The van der Waals surface area contributed by atoms with Crippen LogP contribution in [0.1, 0.15) is 5.82 Å². The van der Waals surface area contributed by atoms with E-state index in [4.69, 9.17) is 5.11 Å². The lowest BCUT2D eigenvalue weighted by Crippen LogP contribution is -2.31. The zero-order chi connectivity index (χ0) is 14.4. The van der Waals surface area contributed by atoms with Crippen molar-refractivity contribution in [2.24, 2.45) is 7.05 Å². The van der Waals surface area contributed by atoms with Crippen molar-refractivity contribution in [1.82, 2.24) is 14.3 Å². The molecule has 1 amide bonds. The van der Waals surface area contributed by atoms with E-state index in [1.165, 1.54) is 9.25 Å². The number of aryl methyl sites for hydroxylation is 1. The molecule has 1 aromatic heterocycles. The van der Waals surface area contributed by atoms with Crippen molar-refractivity contribution < 1.29 is 9.90 Å². The summed E-state index contributed by atoms with van der Waals surface area (Å²) in [6, 6.07) is 5.13. The molecule has 1 aliphatic rings. The monoisotopic (exact) mass is 275 g/mol. The lowest BCUT2D eigenvalue weighted by atomic mass is 10.1. The van der Waals surface area contributed by atoms with Crippen LogP contribution in [0.15, 0.2) is 23.0 Å². The zero-order valence-corrected chi connectivity index (χ0v) is 11.0. The van der Waals surface area contributed by atoms with Crippen molar-refractivity contribution >= 4 is 17.5 Å². The normalized spacial score (nSPS) is 12.8. The minimum absolute atomic E-state index is 0.248. The number of aromatic nitrogens is 3. The van der Waals surface area contributed by atoms with E-state index in [0.717, 1.165) is 0 Å². The first-order valence-electron chi connectivity index (χ1n) is 5.98. The van der Waals surface area contributed by atoms with Crippen molar-refractivity contribution in [2.75, 3.05) is 17.3 Å². The Labute approximate surface area is 113 Å². The van der Waals surface area contributed by atoms with Crippen molar-refractivity contribution in [2.45, 2.75) is 6.54 Å². The number of nitrogens with one attached hydrogen (secondary N) is 1. The van der Waals surface area contributed by atoms with Crippen LogP contribution in [0.25, 0.3) is 5.69 Å². The molecule has 8 heteroatoms. The maximum atomic E-state index is 12.1. The number of carboxylic acid groups (broad SMARTS) is 1. The van der Waals surface area contributed by atoms with Gasteiger partial charge in [0.2, 0.25) is 0 Å². The largest absolute Gasteiger partial charge is 0.465 e. The summed E-state index contributed by atoms with van der Waals surface area (Å²) in [7, 11) is 3.42. The molecule has 0 aliphatic carbocycles. The summed E-state index contributed by atoms with van der Waals surface area (Å²) in [4.78, 5) is 24.9. The lowest BCUT2D eigenvalue weighted by molar-refractivity contribution is 0.210. The van der Waals surface area contributed by atoms with Gasteiger partial charge in [-0.3, -0.25) is 5.32 Å². The standard InChI is InChI=1S/C12H13N5O3/c1-15-6-9-14-16(2)12(20)17(9)8-5-3-4-7(10(8)15)13-11(18)19/h3-5,13H,6H2,1-2H3,(H,18,19). The van der Waals surface area contributed by atoms with E-state index in [1.807, 2.05) is 11.9 Å². The predicted octanol–water partition coefficient (Wildman–Crippen LogP) is 0.611. The second-order valence-corrected chi connectivity index (χ2v) is 4.62. The second kappa shape index (κ2) is 4.12. The first-order valence-corrected chi connectivity index (χ1v) is 5.98. The minimum atomic E-state index is -1.14. The number of hydrogen-bond donors (Lipinski definition) is 2. The van der Waals surface area contributed by atoms with Crippen LogP contribution in [0.3, 0.4) is 0 Å². The molecule has 0 spiro atoms. The Morgan fingerprint density at radius 2 is 2.15 bits per heavy atom. The van der Waals surface area contributed by atoms with Gasteiger partial charge >= 0.3 is 11.8 Å². The van der Waals surface area contributed by atoms with Gasteiger partial charge in [-0.15, -0.1) is 0 Å². The number of hydrogen-bond acceptors (Lipinski definition) is 4. The van der Waals surface area contributed by atoms with Gasteiger partial charge in [0, 0.05) is 14.1 Å². The highest BCUT2D eigenvalue weighted by Gasteiger charge is 2.26. The average molecular weight is 275 g/mol. The molecule has 0 bridgehead atoms. The summed E-state index contributed by atoms with van der Waals surface area (Å²) in [6.45, 7) is 0.432. The molecule has 2 aromatic rings. The van der Waals surface area contributed by atoms with Crippen LogP contribution in [0.4, 0.5) is 16.2 Å². The molecule has 0 atom stereocenters. The van der Waals surface area contributed by atoms with Crippen LogP contribution in [0, 0.1) is 0 Å². The molecular weight excluding hydrogens is 262 g/mol. The van der Waals surface area contributed by atoms with Gasteiger partial charge in [-0.05, 0) is 12.1 Å². The Morgan fingerprint density at radius 3 is 2.85 bits per heavy atom. The molecule has 104 valence electrons. The third kappa shape index (κ3) is 1.65. The van der Waals surface area contributed by atoms with Gasteiger partial charge in [0.1, 0.15) is 0 Å². The number of fused-ring (bicyclic) bond motifs is 3. The molecule has 2 heterocycles. The maximum absolute atomic E-state index is 12.1. The molecule has 20 heavy (non-hydrogen) atoms. The number of benzene rings is 1. The maximum Gasteiger partial charge on any atom is 0.409 e. The number of carbonyl (C=O) groups is 1. The van der Waals surface area contributed by atoms with E-state index in [9.17, 15) is 9.59 Å². The Balaban J connectivity index is 2.27. The first-order chi connectivity index (χ1) is 9.49. The molecule has 3 rings (SSSR count). The number of amides is 1. The van der Waals surface area contributed by atoms with Gasteiger partial charge in [0.05, 0.1) is 23.6 Å². The van der Waals surface area contributed by atoms with E-state index >= 15 is 0 Å². The highest BCUT2D eigenvalue weighted by Crippen LogP contribution is 2.35. The van der Waals surface area contributed by atoms with Gasteiger partial charge in [0.15, 0.2) is 5.82 Å². The molecule has 0 saturated carbocycles. The summed E-state index contributed by atoms with van der Waals surface area (Å²) in [5.74, 6) is 0.625. The van der Waals surface area contributed by atoms with Gasteiger partial charge in [-0.1, -0.05) is 6.07 Å². The SMILES string of the molecule is CN1Cc2nn(C)c(=O)n2-c2cccc(NC(=O)O)c21. The smallest absolute Gasteiger partial charge is 0.409 e. The molecule has 0 unspecified atom stereocenters. The van der Waals surface area contributed by atoms with Crippen LogP contribution in [-0.2, 0) is 13.6 Å². The first kappa shape index (κ1) is 12.3. The van der Waals surface area contributed by atoms with Gasteiger partial charge in [-0.25, -0.2) is 18.8 Å². The molecule has 0 fully saturated rings. The zero-order valence-electron chi connectivity index (χ0n) is 11.0. The summed E-state index contributed by atoms with van der Waals surface area (Å²) in [5, 5.41) is 15.4. The Kier molecular flexibility index (Phi) is 2.53. The third-order valence-electron chi connectivity index (χ3n) is 3.25. The van der Waals surface area contributed by atoms with Gasteiger partial charge in [0.25, 0.3) is 0 Å². The number of para-hydroxylation sites is 1. The van der Waals surface area contributed by atoms with E-state index in [-0.39, 0.29) is 5.69 Å². The van der Waals surface area contributed by atoms with Crippen molar-refractivity contribution in [3.8, 4) is 5.69 Å². The number of rotatable bonds is 1. The molecular formula is C12H13N5O3. The number of nitrogens with zero attached hydrogens (tertiary/aromatic N) is 4. The third-order valence-corrected chi connectivity index (χ3v) is 3.25. The van der Waals surface area contributed by atoms with E-state index in [2.05, 4.69) is 10.4 Å². The van der Waals surface area contributed by atoms with Gasteiger partial charge < -0.3 is 10.0 Å². The van der Waals surface area contributed by atoms with Crippen LogP contribution >= 0.6 is 0 Å². The van der Waals surface area contributed by atoms with Crippen molar-refractivity contribution in [3.05, 3.63) is 34.5 Å². The van der Waals surface area contributed by atoms with Crippen LogP contribution in [0.5, 0.6) is 0 Å². The fourth-order valence-corrected chi connectivity index (χ4v) is 2.48. The summed E-state index contributed by atoms with van der Waals surface area (Å²) < 4.78 is 2.78. The van der Waals surface area contributed by atoms with E-state index in [0.29, 0.717) is 29.4 Å². The molecule has 1 aromatic carbocycles. The van der Waals surface area contributed by atoms with Crippen LogP contribution < -0.4 is 15.9 Å². The van der Waals surface area contributed by atoms with Crippen molar-refractivity contribution in [1.29, 1.82) is 0 Å². The van der Waals surface area contributed by atoms with Crippen LogP contribution in [0.2, 0.25) is 0 Å². The Morgan fingerprint density at radius 1 is 1.40 bits per heavy atom. The van der Waals surface area contributed by atoms with Crippen molar-refractivity contribution in [3.63, 3.8) is 0 Å². The molecule has 2 N–H and O–H groups in total. The van der Waals surface area contributed by atoms with Gasteiger partial charge in [-0.2, -0.15) is 5.10 Å². The summed E-state index contributed by atoms with van der Waals surface area (Å²) in [6.07, 6.45) is -1.14. The van der Waals surface area contributed by atoms with E-state index < -0.39 is 6.09 Å². The molecule has 8 nitrogen and oxygen atoms in total. The molecule has 0 saturated heterocycles. The number of anilines is 2. The Hall–Kier alpha value is -2.77. The van der Waals surface area contributed by atoms with Crippen LogP contribution in [-0.4, -0.2) is 32.6 Å². The highest BCUT2D eigenvalue weighted by atomic mass is 16.4. The Bertz CT molecular complexity index is 761. The quantitative estimate of drug-likeness (QED) is 0.795. The summed E-state index contributed by atoms with van der Waals surface area (Å²) >= 11 is 0. The van der Waals surface area contributed by atoms with E-state index in [1.54, 1.807) is 25.2 Å². The fourth-order valence-electron chi connectivity index (χ4n) is 2.48. The molecule has 1 aliphatic heterocycles. The lowest BCUT2D eigenvalue weighted by Gasteiger charge is -2.29. The fraction of sp³-hybridized carbons (Fsp3) is 0.250. The summed E-state index contributed by atoms with van der Waals surface area (Å²) in [5.41, 5.74) is 1.48. The average Bonchev–Trinajstić information content (AvgIpc) is 2.64. The predicted molar refractivity (Wildman–Crippen MR) is 72.6 cm³/mol. The molecule has 0 radical (unpaired) electrons.